The number of ether oxygens (including phenoxy) is 1. The molecule has 0 saturated carbocycles. The lowest BCUT2D eigenvalue weighted by atomic mass is 10.0. The molecule has 0 heterocycles. The lowest BCUT2D eigenvalue weighted by Crippen LogP contribution is -2.33. The first-order valence-electron chi connectivity index (χ1n) is 4.92. The molecule has 3 N–H and O–H groups in total. The number of hydrazine groups is 1. The van der Waals surface area contributed by atoms with Gasteiger partial charge in [0, 0.05) is 0 Å². The number of carbonyl (C=O) groups is 1. The largest absolute Gasteiger partial charge is 0.494 e. The van der Waals surface area contributed by atoms with Crippen LogP contribution < -0.4 is 16.0 Å². The Bertz CT molecular complexity index is 322. The predicted molar refractivity (Wildman–Crippen MR) is 58.4 cm³/mol. The molecule has 0 saturated heterocycles. The highest BCUT2D eigenvalue weighted by molar-refractivity contribution is 5.82. The maximum Gasteiger partial charge on any atom is 0.241 e. The van der Waals surface area contributed by atoms with Crippen molar-refractivity contribution in [2.75, 3.05) is 6.61 Å². The van der Waals surface area contributed by atoms with E-state index >= 15 is 0 Å². The predicted octanol–water partition coefficient (Wildman–Crippen LogP) is 1.18. The van der Waals surface area contributed by atoms with Gasteiger partial charge in [-0.1, -0.05) is 12.1 Å². The molecule has 0 aliphatic rings. The monoisotopic (exact) mass is 208 g/mol. The lowest BCUT2D eigenvalue weighted by molar-refractivity contribution is -0.122. The Morgan fingerprint density at radius 2 is 2.07 bits per heavy atom. The van der Waals surface area contributed by atoms with E-state index in [0.29, 0.717) is 6.61 Å². The first-order valence-corrected chi connectivity index (χ1v) is 4.92. The van der Waals surface area contributed by atoms with E-state index in [0.717, 1.165) is 11.3 Å². The quantitative estimate of drug-likeness (QED) is 0.443. The van der Waals surface area contributed by atoms with Gasteiger partial charge in [-0.05, 0) is 31.5 Å². The summed E-state index contributed by atoms with van der Waals surface area (Å²) in [4.78, 5) is 11.3. The van der Waals surface area contributed by atoms with E-state index in [2.05, 4.69) is 5.43 Å². The molecule has 4 nitrogen and oxygen atoms in total. The van der Waals surface area contributed by atoms with Gasteiger partial charge in [0.1, 0.15) is 5.75 Å². The standard InChI is InChI=1S/C11H16N2O2/c1-3-15-10-6-4-9(5-7-10)8(2)11(14)13-12/h4-8H,3,12H2,1-2H3,(H,13,14). The van der Waals surface area contributed by atoms with Gasteiger partial charge in [-0.2, -0.15) is 0 Å². The third-order valence-electron chi connectivity index (χ3n) is 2.23. The first-order chi connectivity index (χ1) is 7.19. The number of carbonyl (C=O) groups excluding carboxylic acids is 1. The van der Waals surface area contributed by atoms with E-state index < -0.39 is 0 Å². The number of benzene rings is 1. The van der Waals surface area contributed by atoms with E-state index in [1.807, 2.05) is 31.2 Å². The zero-order valence-corrected chi connectivity index (χ0v) is 8.99. The number of hydrogen-bond donors (Lipinski definition) is 2. The molecule has 1 unspecified atom stereocenters. The SMILES string of the molecule is CCOc1ccc(C(C)C(=O)NN)cc1. The van der Waals surface area contributed by atoms with Gasteiger partial charge < -0.3 is 4.74 Å². The molecule has 4 heteroatoms. The normalized spacial score (nSPS) is 11.9. The summed E-state index contributed by atoms with van der Waals surface area (Å²) in [6.07, 6.45) is 0. The van der Waals surface area contributed by atoms with Crippen LogP contribution in [0.2, 0.25) is 0 Å². The Balaban J connectivity index is 2.75. The number of amides is 1. The van der Waals surface area contributed by atoms with Crippen molar-refractivity contribution in [2.45, 2.75) is 19.8 Å². The fourth-order valence-corrected chi connectivity index (χ4v) is 1.30. The smallest absolute Gasteiger partial charge is 0.241 e. The summed E-state index contributed by atoms with van der Waals surface area (Å²) in [6.45, 7) is 4.37. The molecule has 1 amide bonds. The van der Waals surface area contributed by atoms with Gasteiger partial charge in [0.2, 0.25) is 5.91 Å². The van der Waals surface area contributed by atoms with Crippen molar-refractivity contribution in [3.63, 3.8) is 0 Å². The van der Waals surface area contributed by atoms with E-state index in [4.69, 9.17) is 10.6 Å². The molecule has 1 atom stereocenters. The summed E-state index contributed by atoms with van der Waals surface area (Å²) < 4.78 is 5.30. The molecule has 1 aromatic carbocycles. The van der Waals surface area contributed by atoms with Gasteiger partial charge in [-0.25, -0.2) is 5.84 Å². The van der Waals surface area contributed by atoms with Crippen molar-refractivity contribution in [3.05, 3.63) is 29.8 Å². The summed E-state index contributed by atoms with van der Waals surface area (Å²) in [5, 5.41) is 0. The van der Waals surface area contributed by atoms with Crippen molar-refractivity contribution in [2.24, 2.45) is 5.84 Å². The Morgan fingerprint density at radius 3 is 2.53 bits per heavy atom. The molecular formula is C11H16N2O2. The molecule has 15 heavy (non-hydrogen) atoms. The summed E-state index contributed by atoms with van der Waals surface area (Å²) in [5.74, 6) is 5.43. The molecule has 0 fully saturated rings. The van der Waals surface area contributed by atoms with Crippen LogP contribution in [0.1, 0.15) is 25.3 Å². The second-order valence-electron chi connectivity index (χ2n) is 3.23. The van der Waals surface area contributed by atoms with Crippen molar-refractivity contribution in [1.29, 1.82) is 0 Å². The van der Waals surface area contributed by atoms with Crippen LogP contribution >= 0.6 is 0 Å². The first kappa shape index (κ1) is 11.5. The minimum Gasteiger partial charge on any atom is -0.494 e. The van der Waals surface area contributed by atoms with Gasteiger partial charge in [-0.3, -0.25) is 10.2 Å². The van der Waals surface area contributed by atoms with Gasteiger partial charge in [0.25, 0.3) is 0 Å². The molecule has 0 aromatic heterocycles. The number of hydrogen-bond acceptors (Lipinski definition) is 3. The van der Waals surface area contributed by atoms with Crippen molar-refractivity contribution < 1.29 is 9.53 Å². The molecule has 82 valence electrons. The van der Waals surface area contributed by atoms with Crippen LogP contribution in [0.5, 0.6) is 5.75 Å². The van der Waals surface area contributed by atoms with Gasteiger partial charge in [0.05, 0.1) is 12.5 Å². The van der Waals surface area contributed by atoms with Crippen LogP contribution in [0, 0.1) is 0 Å². The maximum absolute atomic E-state index is 11.3. The van der Waals surface area contributed by atoms with Crippen LogP contribution in [0.4, 0.5) is 0 Å². The average molecular weight is 208 g/mol. The van der Waals surface area contributed by atoms with Crippen molar-refractivity contribution in [1.82, 2.24) is 5.43 Å². The molecule has 1 rings (SSSR count). The zero-order chi connectivity index (χ0) is 11.3. The molecule has 0 spiro atoms. The highest BCUT2D eigenvalue weighted by Gasteiger charge is 2.13. The fourth-order valence-electron chi connectivity index (χ4n) is 1.30. The van der Waals surface area contributed by atoms with Crippen molar-refractivity contribution >= 4 is 5.91 Å². The van der Waals surface area contributed by atoms with Gasteiger partial charge >= 0.3 is 0 Å². The van der Waals surface area contributed by atoms with Crippen LogP contribution in [0.3, 0.4) is 0 Å². The van der Waals surface area contributed by atoms with Crippen LogP contribution in [-0.2, 0) is 4.79 Å². The zero-order valence-electron chi connectivity index (χ0n) is 8.99. The number of nitrogens with two attached hydrogens (primary N) is 1. The highest BCUT2D eigenvalue weighted by atomic mass is 16.5. The topological polar surface area (TPSA) is 64.3 Å². The van der Waals surface area contributed by atoms with Gasteiger partial charge in [0.15, 0.2) is 0 Å². The third-order valence-corrected chi connectivity index (χ3v) is 2.23. The molecule has 0 radical (unpaired) electrons. The number of rotatable bonds is 4. The van der Waals surface area contributed by atoms with Crippen LogP contribution in [0.25, 0.3) is 0 Å². The van der Waals surface area contributed by atoms with E-state index in [9.17, 15) is 4.79 Å². The lowest BCUT2D eigenvalue weighted by Gasteiger charge is -2.10. The molecule has 0 aliphatic carbocycles. The van der Waals surface area contributed by atoms with Crippen molar-refractivity contribution in [3.8, 4) is 5.75 Å². The molecule has 0 aliphatic heterocycles. The third kappa shape index (κ3) is 2.95. The second-order valence-corrected chi connectivity index (χ2v) is 3.23. The Labute approximate surface area is 89.4 Å². The van der Waals surface area contributed by atoms with E-state index in [1.54, 1.807) is 6.92 Å². The average Bonchev–Trinajstić information content (AvgIpc) is 2.28. The fraction of sp³-hybridized carbons (Fsp3) is 0.364. The molecule has 1 aromatic rings. The maximum atomic E-state index is 11.3. The van der Waals surface area contributed by atoms with Crippen LogP contribution in [-0.4, -0.2) is 12.5 Å². The second kappa shape index (κ2) is 5.36. The van der Waals surface area contributed by atoms with E-state index in [1.165, 1.54) is 0 Å². The summed E-state index contributed by atoms with van der Waals surface area (Å²) in [7, 11) is 0. The summed E-state index contributed by atoms with van der Waals surface area (Å²) in [6, 6.07) is 7.42. The molecule has 0 bridgehead atoms. The Kier molecular flexibility index (Phi) is 4.12. The minimum atomic E-state index is -0.245. The summed E-state index contributed by atoms with van der Waals surface area (Å²) in [5.41, 5.74) is 3.05. The minimum absolute atomic E-state index is 0.195. The number of nitrogens with one attached hydrogen (secondary N) is 1. The van der Waals surface area contributed by atoms with Crippen LogP contribution in [0.15, 0.2) is 24.3 Å². The Hall–Kier alpha value is -1.55. The highest BCUT2D eigenvalue weighted by Crippen LogP contribution is 2.19. The van der Waals surface area contributed by atoms with E-state index in [-0.39, 0.29) is 11.8 Å². The summed E-state index contributed by atoms with van der Waals surface area (Å²) >= 11 is 0. The Morgan fingerprint density at radius 1 is 1.47 bits per heavy atom. The molecular weight excluding hydrogens is 192 g/mol. The van der Waals surface area contributed by atoms with Gasteiger partial charge in [-0.15, -0.1) is 0 Å².